The summed E-state index contributed by atoms with van der Waals surface area (Å²) in [4.78, 5) is 72.6. The van der Waals surface area contributed by atoms with Crippen molar-refractivity contribution in [3.8, 4) is 33.5 Å². The van der Waals surface area contributed by atoms with Gasteiger partial charge in [0.15, 0.2) is 0 Å². The number of imidazole rings is 2. The summed E-state index contributed by atoms with van der Waals surface area (Å²) in [5.74, 6) is -2.55. The van der Waals surface area contributed by atoms with Crippen LogP contribution in [-0.2, 0) is 25.0 Å². The molecule has 5 aromatic rings. The number of carbonyl (C=O) groups excluding carboxylic acids is 4. The van der Waals surface area contributed by atoms with Gasteiger partial charge in [0.1, 0.15) is 23.7 Å². The van der Waals surface area contributed by atoms with Gasteiger partial charge in [-0.05, 0) is 89.6 Å². The van der Waals surface area contributed by atoms with Crippen molar-refractivity contribution in [2.45, 2.75) is 102 Å². The van der Waals surface area contributed by atoms with Crippen LogP contribution in [0.4, 0.5) is 18.4 Å². The molecule has 2 bridgehead atoms. The minimum absolute atomic E-state index is 0.0446. The van der Waals surface area contributed by atoms with Crippen LogP contribution in [0.15, 0.2) is 60.8 Å². The molecule has 2 saturated heterocycles. The minimum Gasteiger partial charge on any atom is -0.453 e. The van der Waals surface area contributed by atoms with Crippen LogP contribution in [-0.4, -0.2) is 100 Å². The molecule has 0 radical (unpaired) electrons. The second-order valence-corrected chi connectivity index (χ2v) is 24.7. The van der Waals surface area contributed by atoms with Crippen molar-refractivity contribution in [3.05, 3.63) is 83.6 Å². The first-order valence-corrected chi connectivity index (χ1v) is 25.8. The first kappa shape index (κ1) is 44.1. The van der Waals surface area contributed by atoms with Crippen LogP contribution in [0.25, 0.3) is 44.5 Å². The molecule has 2 aromatic heterocycles. The van der Waals surface area contributed by atoms with Crippen LogP contribution < -0.4 is 10.6 Å². The Morgan fingerprint density at radius 2 is 1.40 bits per heavy atom. The molecule has 4 amide bonds. The number of hydrogen-bond acceptors (Lipinski definition) is 8. The average molecular weight is 907 g/mol. The molecule has 1 saturated carbocycles. The highest BCUT2D eigenvalue weighted by Gasteiger charge is 2.52. The van der Waals surface area contributed by atoms with Gasteiger partial charge in [-0.3, -0.25) is 9.59 Å². The number of ether oxygens (including phenoxy) is 2. The lowest BCUT2D eigenvalue weighted by Gasteiger charge is -2.37. The van der Waals surface area contributed by atoms with Crippen LogP contribution in [0.3, 0.4) is 0 Å². The van der Waals surface area contributed by atoms with Gasteiger partial charge in [-0.25, -0.2) is 19.6 Å². The van der Waals surface area contributed by atoms with Crippen LogP contribution in [0, 0.1) is 17.8 Å². The minimum atomic E-state index is -3.29. The van der Waals surface area contributed by atoms with E-state index in [-0.39, 0.29) is 58.8 Å². The molecule has 4 aliphatic rings. The summed E-state index contributed by atoms with van der Waals surface area (Å²) >= 11 is 0. The van der Waals surface area contributed by atoms with Crippen LogP contribution >= 0.6 is 0 Å². The predicted molar refractivity (Wildman–Crippen MR) is 243 cm³/mol. The highest BCUT2D eigenvalue weighted by Crippen LogP contribution is 2.53. The summed E-state index contributed by atoms with van der Waals surface area (Å²) in [5.41, 5.74) is 4.64. The van der Waals surface area contributed by atoms with E-state index in [0.29, 0.717) is 51.3 Å². The van der Waals surface area contributed by atoms with E-state index in [0.717, 1.165) is 36.4 Å². The Morgan fingerprint density at radius 1 is 0.800 bits per heavy atom. The summed E-state index contributed by atoms with van der Waals surface area (Å²) in [6.45, 7) is 11.9. The molecule has 4 N–H and O–H groups in total. The van der Waals surface area contributed by atoms with E-state index < -0.39 is 38.3 Å². The van der Waals surface area contributed by atoms with Crippen molar-refractivity contribution in [3.63, 3.8) is 0 Å². The van der Waals surface area contributed by atoms with Crippen molar-refractivity contribution in [1.29, 1.82) is 0 Å². The average Bonchev–Trinajstić information content (AvgIpc) is 4.15. The number of rotatable bonds is 10. The number of halogens is 2. The van der Waals surface area contributed by atoms with E-state index in [1.54, 1.807) is 29.3 Å². The normalized spacial score (nSPS) is 22.3. The Kier molecular flexibility index (Phi) is 11.1. The van der Waals surface area contributed by atoms with Crippen LogP contribution in [0.1, 0.15) is 81.8 Å². The molecule has 6 atom stereocenters. The van der Waals surface area contributed by atoms with E-state index in [2.05, 4.69) is 33.7 Å². The maximum atomic E-state index is 16.7. The fourth-order valence-electron chi connectivity index (χ4n) is 10.7. The number of likely N-dealkylation sites (tertiary alicyclic amines) is 1. The van der Waals surface area contributed by atoms with Gasteiger partial charge in [-0.15, -0.1) is 0 Å². The van der Waals surface area contributed by atoms with Gasteiger partial charge in [-0.1, -0.05) is 71.1 Å². The number of alkyl carbamates (subject to hydrolysis) is 2. The van der Waals surface area contributed by atoms with E-state index in [1.165, 1.54) is 20.3 Å². The van der Waals surface area contributed by atoms with E-state index in [9.17, 15) is 19.2 Å². The molecule has 9 rings (SSSR count). The number of piperidine rings is 1. The number of aromatic nitrogens is 4. The van der Waals surface area contributed by atoms with Crippen molar-refractivity contribution >= 4 is 43.1 Å². The van der Waals surface area contributed by atoms with Gasteiger partial charge in [0.25, 0.3) is 5.92 Å². The van der Waals surface area contributed by atoms with Gasteiger partial charge in [0.2, 0.25) is 11.8 Å². The Morgan fingerprint density at radius 3 is 2.05 bits per heavy atom. The van der Waals surface area contributed by atoms with Gasteiger partial charge in [-0.2, -0.15) is 8.78 Å². The molecule has 3 aromatic carbocycles. The number of methoxy groups -OCH3 is 2. The summed E-state index contributed by atoms with van der Waals surface area (Å²) in [7, 11) is 0.661. The number of alkyl halides is 2. The van der Waals surface area contributed by atoms with Gasteiger partial charge in [0.05, 0.1) is 57.3 Å². The second-order valence-electron chi connectivity index (χ2n) is 19.6. The highest BCUT2D eigenvalue weighted by atomic mass is 28.3. The smallest absolute Gasteiger partial charge is 0.407 e. The number of aromatic amines is 2. The fraction of sp³-hybridized carbons (Fsp3) is 0.458. The van der Waals surface area contributed by atoms with Crippen molar-refractivity contribution in [2.75, 3.05) is 20.4 Å². The molecule has 65 heavy (non-hydrogen) atoms. The van der Waals surface area contributed by atoms with Crippen molar-refractivity contribution in [1.82, 2.24) is 40.4 Å². The number of carbonyl (C=O) groups is 4. The molecule has 14 nitrogen and oxygen atoms in total. The molecule has 4 heterocycles. The lowest BCUT2D eigenvalue weighted by atomic mass is 9.95. The number of hydrogen-bond donors (Lipinski definition) is 4. The van der Waals surface area contributed by atoms with Gasteiger partial charge < -0.3 is 39.9 Å². The molecule has 2 aliphatic carbocycles. The summed E-state index contributed by atoms with van der Waals surface area (Å²) < 4.78 is 43.0. The number of nitrogens with one attached hydrogen (secondary N) is 4. The molecule has 0 spiro atoms. The van der Waals surface area contributed by atoms with Crippen molar-refractivity contribution in [2.24, 2.45) is 17.8 Å². The monoisotopic (exact) mass is 906 g/mol. The zero-order valence-corrected chi connectivity index (χ0v) is 38.9. The van der Waals surface area contributed by atoms with Crippen molar-refractivity contribution < 1.29 is 37.4 Å². The number of H-pyrrole nitrogens is 2. The second kappa shape index (κ2) is 16.4. The SMILES string of the molecule is COC(=O)N[C@H](C(=O)N1C[Si](C)(C)C[C@H]1c1ncc(-c2ccc3c(c2)C(F)(F)c2cc(-c4ccc5nc([C@@H]6[C@H]7CC[C@H](C7)N6C(=O)[C@H](NC(=O)OC)C(C)C)[nH]c5c4)ccc2-3)[nH]1)C(C)C. The third kappa shape index (κ3) is 7.74. The lowest BCUT2D eigenvalue weighted by Crippen LogP contribution is -2.54. The maximum Gasteiger partial charge on any atom is 0.407 e. The molecular formula is C48H56F2N8O6Si. The summed E-state index contributed by atoms with van der Waals surface area (Å²) in [5, 5.41) is 5.43. The molecule has 0 unspecified atom stereocenters. The highest BCUT2D eigenvalue weighted by molar-refractivity contribution is 6.78. The Hall–Kier alpha value is -6.10. The first-order chi connectivity index (χ1) is 30.9. The Bertz CT molecular complexity index is 2720. The molecule has 3 fully saturated rings. The molecule has 342 valence electrons. The Labute approximate surface area is 377 Å². The fourth-order valence-corrected chi connectivity index (χ4v) is 13.6. The third-order valence-corrected chi connectivity index (χ3v) is 16.7. The standard InChI is InChI=1S/C48H56F2N8O6Si/c1-24(2)39(55-46(61)63-5)44(59)57-23-65(7,8)22-38(57)42-51-21-37(54-42)28-11-15-32-31-14-10-26(18-33(31)48(49,50)34(32)19-28)27-12-16-35-36(20-27)53-43(52-35)41-29-9-13-30(17-29)58(41)45(60)40(25(3)4)56-47(62)64-6/h10-12,14-16,18-21,24-25,29-30,38-41H,9,13,17,22-23H2,1-8H3,(H,51,54)(H,52,53)(H,55,61)(H,56,62)/t29-,30+,38-,39-,40+,41-/m0/s1. The van der Waals surface area contributed by atoms with Crippen LogP contribution in [0.2, 0.25) is 19.1 Å². The zero-order valence-electron chi connectivity index (χ0n) is 37.9. The molecule has 2 aliphatic heterocycles. The number of nitrogens with zero attached hydrogens (tertiary/aromatic N) is 4. The number of amides is 4. The first-order valence-electron chi connectivity index (χ1n) is 22.4. The van der Waals surface area contributed by atoms with Gasteiger partial charge >= 0.3 is 12.2 Å². The van der Waals surface area contributed by atoms with Crippen LogP contribution in [0.5, 0.6) is 0 Å². The molecule has 17 heteroatoms. The summed E-state index contributed by atoms with van der Waals surface area (Å²) in [6.07, 6.45) is 3.60. The maximum absolute atomic E-state index is 16.7. The third-order valence-electron chi connectivity index (χ3n) is 14.0. The van der Waals surface area contributed by atoms with Gasteiger partial charge in [0, 0.05) is 28.9 Å². The molecular weight excluding hydrogens is 851 g/mol. The predicted octanol–water partition coefficient (Wildman–Crippen LogP) is 8.68. The van der Waals surface area contributed by atoms with E-state index >= 15 is 8.78 Å². The zero-order chi connectivity index (χ0) is 46.3. The number of benzene rings is 3. The Balaban J connectivity index is 0.962. The largest absolute Gasteiger partial charge is 0.453 e. The summed E-state index contributed by atoms with van der Waals surface area (Å²) in [6, 6.07) is 14.5. The number of fused-ring (bicyclic) bond motifs is 6. The lowest BCUT2D eigenvalue weighted by molar-refractivity contribution is -0.139. The van der Waals surface area contributed by atoms with E-state index in [1.807, 2.05) is 62.9 Å². The quantitative estimate of drug-likeness (QED) is 0.101. The topological polar surface area (TPSA) is 175 Å². The van der Waals surface area contributed by atoms with E-state index in [4.69, 9.17) is 19.4 Å².